The smallest absolute Gasteiger partial charge is 0.255 e. The van der Waals surface area contributed by atoms with Crippen molar-refractivity contribution in [3.05, 3.63) is 76.8 Å². The fourth-order valence-corrected chi connectivity index (χ4v) is 3.27. The van der Waals surface area contributed by atoms with Crippen LogP contribution >= 0.6 is 11.6 Å². The molecular weight excluding hydrogens is 438 g/mol. The van der Waals surface area contributed by atoms with Gasteiger partial charge in [-0.2, -0.15) is 0 Å². The molecule has 0 aliphatic heterocycles. The first-order chi connectivity index (χ1) is 15.3. The van der Waals surface area contributed by atoms with E-state index >= 15 is 0 Å². The SMILES string of the molecule is CC[C@@H](C)Oc1cccc(C(=O)Nc2ccc3oc(-c4cc(F)c(F)cc4Cl)nc3c2)c1. The Hall–Kier alpha value is -3.45. The van der Waals surface area contributed by atoms with E-state index < -0.39 is 11.6 Å². The Labute approximate surface area is 188 Å². The van der Waals surface area contributed by atoms with E-state index in [2.05, 4.69) is 10.3 Å². The number of carbonyl (C=O) groups excluding carboxylic acids is 1. The van der Waals surface area contributed by atoms with Gasteiger partial charge < -0.3 is 14.5 Å². The Morgan fingerprint density at radius 2 is 1.94 bits per heavy atom. The van der Waals surface area contributed by atoms with Gasteiger partial charge in [0.1, 0.15) is 11.3 Å². The standard InChI is InChI=1S/C24H19ClF2N2O3/c1-3-13(2)31-16-6-4-5-14(9-16)23(30)28-15-7-8-22-21(10-15)29-24(32-22)17-11-19(26)20(27)12-18(17)25/h4-13H,3H2,1-2H3,(H,28,30)/t13-/m1/s1. The lowest BCUT2D eigenvalue weighted by molar-refractivity contribution is 0.102. The maximum absolute atomic E-state index is 13.6. The van der Waals surface area contributed by atoms with E-state index in [9.17, 15) is 13.6 Å². The fourth-order valence-electron chi connectivity index (χ4n) is 3.04. The van der Waals surface area contributed by atoms with E-state index in [4.69, 9.17) is 20.8 Å². The molecule has 0 saturated heterocycles. The van der Waals surface area contributed by atoms with E-state index in [1.54, 1.807) is 42.5 Å². The zero-order valence-corrected chi connectivity index (χ0v) is 18.0. The van der Waals surface area contributed by atoms with Gasteiger partial charge in [0.15, 0.2) is 17.2 Å². The summed E-state index contributed by atoms with van der Waals surface area (Å²) >= 11 is 6.01. The molecule has 8 heteroatoms. The first kappa shape index (κ1) is 21.8. The average Bonchev–Trinajstić information content (AvgIpc) is 3.19. The number of nitrogens with zero attached hydrogens (tertiary/aromatic N) is 1. The van der Waals surface area contributed by atoms with Crippen LogP contribution in [0.5, 0.6) is 5.75 Å². The van der Waals surface area contributed by atoms with Crippen LogP contribution in [0.15, 0.2) is 59.0 Å². The Morgan fingerprint density at radius 3 is 2.72 bits per heavy atom. The van der Waals surface area contributed by atoms with Crippen LogP contribution in [-0.4, -0.2) is 17.0 Å². The predicted molar refractivity (Wildman–Crippen MR) is 119 cm³/mol. The maximum Gasteiger partial charge on any atom is 0.255 e. The lowest BCUT2D eigenvalue weighted by atomic mass is 10.2. The molecule has 4 rings (SSSR count). The third-order valence-corrected chi connectivity index (χ3v) is 5.21. The van der Waals surface area contributed by atoms with Gasteiger partial charge in [0.25, 0.3) is 5.91 Å². The minimum Gasteiger partial charge on any atom is -0.491 e. The largest absolute Gasteiger partial charge is 0.491 e. The first-order valence-electron chi connectivity index (χ1n) is 9.97. The Balaban J connectivity index is 1.57. The van der Waals surface area contributed by atoms with Gasteiger partial charge >= 0.3 is 0 Å². The first-order valence-corrected chi connectivity index (χ1v) is 10.4. The van der Waals surface area contributed by atoms with Crippen molar-refractivity contribution in [2.45, 2.75) is 26.4 Å². The second-order valence-corrected chi connectivity index (χ2v) is 7.67. The maximum atomic E-state index is 13.6. The van der Waals surface area contributed by atoms with Gasteiger partial charge in [-0.05, 0) is 61.9 Å². The highest BCUT2D eigenvalue weighted by Gasteiger charge is 2.16. The van der Waals surface area contributed by atoms with Crippen molar-refractivity contribution in [3.63, 3.8) is 0 Å². The normalized spacial score (nSPS) is 12.0. The van der Waals surface area contributed by atoms with E-state index in [0.29, 0.717) is 28.1 Å². The quantitative estimate of drug-likeness (QED) is 0.322. The molecule has 164 valence electrons. The number of oxazole rings is 1. The highest BCUT2D eigenvalue weighted by Crippen LogP contribution is 2.32. The summed E-state index contributed by atoms with van der Waals surface area (Å²) in [6.07, 6.45) is 0.895. The predicted octanol–water partition coefficient (Wildman–Crippen LogP) is 6.86. The molecule has 0 bridgehead atoms. The minimum atomic E-state index is -1.06. The van der Waals surface area contributed by atoms with Gasteiger partial charge in [0.05, 0.1) is 16.7 Å². The number of rotatable bonds is 6. The fraction of sp³-hybridized carbons (Fsp3) is 0.167. The molecule has 4 aromatic rings. The molecule has 32 heavy (non-hydrogen) atoms. The summed E-state index contributed by atoms with van der Waals surface area (Å²) in [5.41, 5.74) is 1.90. The molecule has 1 N–H and O–H groups in total. The Bertz CT molecular complexity index is 1310. The number of hydrogen-bond acceptors (Lipinski definition) is 4. The summed E-state index contributed by atoms with van der Waals surface area (Å²) in [5.74, 6) is -1.77. The third-order valence-electron chi connectivity index (χ3n) is 4.89. The highest BCUT2D eigenvalue weighted by atomic mass is 35.5. The second kappa shape index (κ2) is 8.96. The zero-order chi connectivity index (χ0) is 22.8. The van der Waals surface area contributed by atoms with Crippen LogP contribution in [0.25, 0.3) is 22.6 Å². The number of fused-ring (bicyclic) bond motifs is 1. The number of halogens is 3. The monoisotopic (exact) mass is 456 g/mol. The van der Waals surface area contributed by atoms with Crippen molar-refractivity contribution in [2.75, 3.05) is 5.32 Å². The molecule has 0 aliphatic rings. The highest BCUT2D eigenvalue weighted by molar-refractivity contribution is 6.33. The molecule has 0 radical (unpaired) electrons. The van der Waals surface area contributed by atoms with E-state index in [0.717, 1.165) is 18.6 Å². The summed E-state index contributed by atoms with van der Waals surface area (Å²) in [5, 5.41) is 2.79. The van der Waals surface area contributed by atoms with Gasteiger partial charge in [0.2, 0.25) is 5.89 Å². The number of aromatic nitrogens is 1. The molecule has 1 heterocycles. The molecule has 0 saturated carbocycles. The van der Waals surface area contributed by atoms with Gasteiger partial charge in [-0.3, -0.25) is 4.79 Å². The third kappa shape index (κ3) is 4.57. The van der Waals surface area contributed by atoms with Gasteiger partial charge in [-0.15, -0.1) is 0 Å². The number of hydrogen-bond donors (Lipinski definition) is 1. The molecule has 0 unspecified atom stereocenters. The number of ether oxygens (including phenoxy) is 1. The number of carbonyl (C=O) groups is 1. The number of nitrogens with one attached hydrogen (secondary N) is 1. The van der Waals surface area contributed by atoms with Crippen molar-refractivity contribution in [1.82, 2.24) is 4.98 Å². The number of amides is 1. The van der Waals surface area contributed by atoms with Crippen LogP contribution in [0.2, 0.25) is 5.02 Å². The van der Waals surface area contributed by atoms with E-state index in [-0.39, 0.29) is 28.5 Å². The molecule has 0 spiro atoms. The number of benzene rings is 3. The van der Waals surface area contributed by atoms with Crippen LogP contribution in [-0.2, 0) is 0 Å². The van der Waals surface area contributed by atoms with Gasteiger partial charge in [0, 0.05) is 11.3 Å². The van der Waals surface area contributed by atoms with Crippen LogP contribution < -0.4 is 10.1 Å². The van der Waals surface area contributed by atoms with Crippen LogP contribution in [0.1, 0.15) is 30.6 Å². The average molecular weight is 457 g/mol. The van der Waals surface area contributed by atoms with Crippen molar-refractivity contribution >= 4 is 34.3 Å². The number of anilines is 1. The summed E-state index contributed by atoms with van der Waals surface area (Å²) in [6, 6.07) is 13.6. The zero-order valence-electron chi connectivity index (χ0n) is 17.3. The Morgan fingerprint density at radius 1 is 1.16 bits per heavy atom. The van der Waals surface area contributed by atoms with Crippen molar-refractivity contribution in [3.8, 4) is 17.2 Å². The summed E-state index contributed by atoms with van der Waals surface area (Å²) in [4.78, 5) is 17.0. The Kier molecular flexibility index (Phi) is 6.10. The summed E-state index contributed by atoms with van der Waals surface area (Å²) in [6.45, 7) is 3.98. The van der Waals surface area contributed by atoms with Gasteiger partial charge in [-0.25, -0.2) is 13.8 Å². The van der Waals surface area contributed by atoms with Crippen molar-refractivity contribution in [1.29, 1.82) is 0 Å². The second-order valence-electron chi connectivity index (χ2n) is 7.27. The molecule has 1 amide bonds. The van der Waals surface area contributed by atoms with E-state index in [1.807, 2.05) is 13.8 Å². The van der Waals surface area contributed by atoms with Crippen LogP contribution in [0, 0.1) is 11.6 Å². The molecule has 0 fully saturated rings. The van der Waals surface area contributed by atoms with Crippen LogP contribution in [0.4, 0.5) is 14.5 Å². The minimum absolute atomic E-state index is 0.0246. The van der Waals surface area contributed by atoms with Crippen LogP contribution in [0.3, 0.4) is 0 Å². The molecule has 1 aromatic heterocycles. The lowest BCUT2D eigenvalue weighted by Gasteiger charge is -2.13. The van der Waals surface area contributed by atoms with E-state index in [1.165, 1.54) is 0 Å². The summed E-state index contributed by atoms with van der Waals surface area (Å²) in [7, 11) is 0. The molecule has 0 aliphatic carbocycles. The molecule has 3 aromatic carbocycles. The molecular formula is C24H19ClF2N2O3. The topological polar surface area (TPSA) is 64.4 Å². The summed E-state index contributed by atoms with van der Waals surface area (Å²) < 4.78 is 38.4. The van der Waals surface area contributed by atoms with Gasteiger partial charge in [-0.1, -0.05) is 24.6 Å². The van der Waals surface area contributed by atoms with Crippen molar-refractivity contribution < 1.29 is 22.7 Å². The lowest BCUT2D eigenvalue weighted by Crippen LogP contribution is -2.13. The molecule has 1 atom stereocenters. The molecule has 5 nitrogen and oxygen atoms in total. The van der Waals surface area contributed by atoms with Crippen molar-refractivity contribution in [2.24, 2.45) is 0 Å².